The number of nitrogens with two attached hydrogens (primary N) is 1. The van der Waals surface area contributed by atoms with Crippen molar-refractivity contribution in [2.24, 2.45) is 5.84 Å². The first kappa shape index (κ1) is 14.8. The predicted molar refractivity (Wildman–Crippen MR) is 55.0 cm³/mol. The molecule has 92 valence electrons. The van der Waals surface area contributed by atoms with Gasteiger partial charge in [-0.1, -0.05) is 0 Å². The molecule has 0 fully saturated rings. The summed E-state index contributed by atoms with van der Waals surface area (Å²) in [6, 6.07) is 4.29. The Labute approximate surface area is 90.9 Å². The Hall–Kier alpha value is -1.18. The Morgan fingerprint density at radius 1 is 1.44 bits per heavy atom. The Morgan fingerprint density at radius 2 is 1.94 bits per heavy atom. The normalized spacial score (nSPS) is 10.1. The molecule has 0 radical (unpaired) electrons. The Bertz CT molecular complexity index is 375. The zero-order valence-corrected chi connectivity index (χ0v) is 9.19. The van der Waals surface area contributed by atoms with Gasteiger partial charge in [0.05, 0.1) is 12.8 Å². The minimum Gasteiger partial charge on any atom is -0.494 e. The number of hydrogen-bond acceptors (Lipinski definition) is 4. The zero-order valence-electron chi connectivity index (χ0n) is 8.29. The molecule has 16 heavy (non-hydrogen) atoms. The van der Waals surface area contributed by atoms with Gasteiger partial charge in [-0.2, -0.15) is 0 Å². The standard InChI is InChI=1S/C7H9FN2O.H3O4P/c1-11-7-4-5(10-9)2-3-6(7)8;1-5(2,3)4/h2-4,10H,9H2,1H3;(H3,1,2,3,4). The highest BCUT2D eigenvalue weighted by atomic mass is 31.2. The molecular formula is C7H12FN2O5P. The highest BCUT2D eigenvalue weighted by Crippen LogP contribution is 2.25. The van der Waals surface area contributed by atoms with Crippen molar-refractivity contribution in [3.05, 3.63) is 24.0 Å². The summed E-state index contributed by atoms with van der Waals surface area (Å²) in [4.78, 5) is 21.6. The molecule has 0 aliphatic rings. The number of benzene rings is 1. The molecule has 0 heterocycles. The van der Waals surface area contributed by atoms with E-state index in [0.717, 1.165) is 0 Å². The number of hydrogen-bond donors (Lipinski definition) is 5. The fourth-order valence-corrected chi connectivity index (χ4v) is 0.750. The summed E-state index contributed by atoms with van der Waals surface area (Å²) in [6.45, 7) is 0. The van der Waals surface area contributed by atoms with Gasteiger partial charge < -0.3 is 24.8 Å². The van der Waals surface area contributed by atoms with Crippen molar-refractivity contribution in [1.82, 2.24) is 0 Å². The average Bonchev–Trinajstić information content (AvgIpc) is 2.16. The molecule has 0 aromatic heterocycles. The molecule has 0 saturated heterocycles. The molecule has 6 N–H and O–H groups in total. The number of rotatable bonds is 2. The van der Waals surface area contributed by atoms with Gasteiger partial charge in [0.15, 0.2) is 11.6 Å². The third kappa shape index (κ3) is 7.16. The first-order valence-electron chi connectivity index (χ1n) is 3.86. The molecule has 0 amide bonds. The molecule has 1 aromatic carbocycles. The van der Waals surface area contributed by atoms with Crippen LogP contribution in [-0.2, 0) is 4.57 Å². The van der Waals surface area contributed by atoms with Gasteiger partial charge in [-0.15, -0.1) is 0 Å². The number of anilines is 1. The van der Waals surface area contributed by atoms with Crippen molar-refractivity contribution >= 4 is 13.5 Å². The summed E-state index contributed by atoms with van der Waals surface area (Å²) in [5.74, 6) is 4.88. The van der Waals surface area contributed by atoms with Gasteiger partial charge in [0.25, 0.3) is 0 Å². The van der Waals surface area contributed by atoms with Crippen LogP contribution in [0.25, 0.3) is 0 Å². The van der Waals surface area contributed by atoms with Crippen LogP contribution in [-0.4, -0.2) is 21.8 Å². The lowest BCUT2D eigenvalue weighted by Crippen LogP contribution is -2.06. The summed E-state index contributed by atoms with van der Waals surface area (Å²) in [5.41, 5.74) is 3.00. The van der Waals surface area contributed by atoms with Crippen LogP contribution >= 0.6 is 7.82 Å². The van der Waals surface area contributed by atoms with Gasteiger partial charge in [0.1, 0.15) is 0 Å². The summed E-state index contributed by atoms with van der Waals surface area (Å²) < 4.78 is 26.3. The largest absolute Gasteiger partial charge is 0.494 e. The van der Waals surface area contributed by atoms with E-state index >= 15 is 0 Å². The van der Waals surface area contributed by atoms with Gasteiger partial charge in [-0.25, -0.2) is 8.96 Å². The lowest BCUT2D eigenvalue weighted by atomic mass is 10.3. The van der Waals surface area contributed by atoms with E-state index in [1.807, 2.05) is 0 Å². The molecule has 0 bridgehead atoms. The molecular weight excluding hydrogens is 242 g/mol. The summed E-state index contributed by atoms with van der Waals surface area (Å²) in [7, 11) is -3.24. The van der Waals surface area contributed by atoms with Crippen LogP contribution in [0.2, 0.25) is 0 Å². The van der Waals surface area contributed by atoms with E-state index in [4.69, 9.17) is 29.8 Å². The molecule has 9 heteroatoms. The van der Waals surface area contributed by atoms with E-state index in [1.165, 1.54) is 25.3 Å². The molecule has 7 nitrogen and oxygen atoms in total. The van der Waals surface area contributed by atoms with Crippen molar-refractivity contribution in [2.75, 3.05) is 12.5 Å². The monoisotopic (exact) mass is 254 g/mol. The maximum absolute atomic E-state index is 12.7. The lowest BCUT2D eigenvalue weighted by molar-refractivity contribution is 0.275. The van der Waals surface area contributed by atoms with E-state index in [1.54, 1.807) is 0 Å². The lowest BCUT2D eigenvalue weighted by Gasteiger charge is -2.03. The fraction of sp³-hybridized carbons (Fsp3) is 0.143. The van der Waals surface area contributed by atoms with Crippen molar-refractivity contribution in [3.63, 3.8) is 0 Å². The Balaban J connectivity index is 0.000000385. The average molecular weight is 254 g/mol. The van der Waals surface area contributed by atoms with E-state index in [-0.39, 0.29) is 5.75 Å². The quantitative estimate of drug-likeness (QED) is 0.290. The topological polar surface area (TPSA) is 125 Å². The second-order valence-corrected chi connectivity index (χ2v) is 3.53. The SMILES string of the molecule is COc1cc(NN)ccc1F.O=P(O)(O)O. The summed E-state index contributed by atoms with van der Waals surface area (Å²) in [5, 5.41) is 0. The Kier molecular flexibility index (Phi) is 5.94. The van der Waals surface area contributed by atoms with Crippen molar-refractivity contribution in [2.45, 2.75) is 0 Å². The smallest absolute Gasteiger partial charge is 0.466 e. The number of halogens is 1. The molecule has 0 aliphatic heterocycles. The van der Waals surface area contributed by atoms with Crippen molar-refractivity contribution in [1.29, 1.82) is 0 Å². The Morgan fingerprint density at radius 3 is 2.31 bits per heavy atom. The van der Waals surface area contributed by atoms with Crippen LogP contribution in [0.1, 0.15) is 0 Å². The van der Waals surface area contributed by atoms with Crippen LogP contribution in [0.5, 0.6) is 5.75 Å². The van der Waals surface area contributed by atoms with Gasteiger partial charge >= 0.3 is 7.82 Å². The van der Waals surface area contributed by atoms with Crippen LogP contribution in [0, 0.1) is 5.82 Å². The maximum atomic E-state index is 12.7. The molecule has 0 aliphatic carbocycles. The number of ether oxygens (including phenoxy) is 1. The van der Waals surface area contributed by atoms with Crippen molar-refractivity contribution in [3.8, 4) is 5.75 Å². The maximum Gasteiger partial charge on any atom is 0.466 e. The highest BCUT2D eigenvalue weighted by molar-refractivity contribution is 7.45. The first-order chi connectivity index (χ1) is 7.27. The molecule has 0 unspecified atom stereocenters. The van der Waals surface area contributed by atoms with Gasteiger partial charge in [0, 0.05) is 6.07 Å². The van der Waals surface area contributed by atoms with Crippen LogP contribution in [0.4, 0.5) is 10.1 Å². The molecule has 0 spiro atoms. The minimum atomic E-state index is -4.64. The third-order valence-corrected chi connectivity index (χ3v) is 1.32. The predicted octanol–water partition coefficient (Wildman–Crippen LogP) is 0.191. The van der Waals surface area contributed by atoms with Gasteiger partial charge in [-0.3, -0.25) is 5.84 Å². The first-order valence-corrected chi connectivity index (χ1v) is 5.43. The van der Waals surface area contributed by atoms with Crippen LogP contribution in [0.3, 0.4) is 0 Å². The number of methoxy groups -OCH3 is 1. The second-order valence-electron chi connectivity index (χ2n) is 2.51. The van der Waals surface area contributed by atoms with Crippen LogP contribution < -0.4 is 16.0 Å². The number of nitrogens with one attached hydrogen (secondary N) is 1. The molecule has 1 aromatic rings. The van der Waals surface area contributed by atoms with E-state index < -0.39 is 13.6 Å². The third-order valence-electron chi connectivity index (χ3n) is 1.32. The highest BCUT2D eigenvalue weighted by Gasteiger charge is 2.01. The molecule has 0 saturated carbocycles. The van der Waals surface area contributed by atoms with E-state index in [2.05, 4.69) is 5.43 Å². The minimum absolute atomic E-state index is 0.181. The molecule has 1 rings (SSSR count). The molecule has 0 atom stereocenters. The number of nitrogen functional groups attached to an aromatic ring is 1. The number of phosphoric acid groups is 1. The second kappa shape index (κ2) is 6.41. The summed E-state index contributed by atoms with van der Waals surface area (Å²) in [6.07, 6.45) is 0. The number of hydrazine groups is 1. The van der Waals surface area contributed by atoms with Crippen molar-refractivity contribution < 1.29 is 28.4 Å². The van der Waals surface area contributed by atoms with Gasteiger partial charge in [-0.05, 0) is 12.1 Å². The van der Waals surface area contributed by atoms with E-state index in [0.29, 0.717) is 5.69 Å². The fourth-order valence-electron chi connectivity index (χ4n) is 0.750. The van der Waals surface area contributed by atoms with Gasteiger partial charge in [0.2, 0.25) is 0 Å². The van der Waals surface area contributed by atoms with E-state index in [9.17, 15) is 4.39 Å². The summed E-state index contributed by atoms with van der Waals surface area (Å²) >= 11 is 0. The van der Waals surface area contributed by atoms with Crippen LogP contribution in [0.15, 0.2) is 18.2 Å². The zero-order chi connectivity index (χ0) is 12.8.